The molecule has 0 amide bonds. The zero-order valence-corrected chi connectivity index (χ0v) is 9.33. The van der Waals surface area contributed by atoms with E-state index in [2.05, 4.69) is 10.2 Å². The molecule has 14 heavy (non-hydrogen) atoms. The zero-order valence-electron chi connectivity index (χ0n) is 9.33. The maximum Gasteiger partial charge on any atom is 0.153 e. The van der Waals surface area contributed by atoms with Gasteiger partial charge in [0.25, 0.3) is 0 Å². The van der Waals surface area contributed by atoms with Crippen LogP contribution in [0.3, 0.4) is 0 Å². The third-order valence-corrected chi connectivity index (χ3v) is 1.50. The van der Waals surface area contributed by atoms with E-state index in [1.807, 2.05) is 52.0 Å². The number of anilines is 1. The summed E-state index contributed by atoms with van der Waals surface area (Å²) in [7, 11) is 0. The first-order chi connectivity index (χ1) is 6.88. The molecule has 0 spiro atoms. The molecule has 3 heteroatoms. The molecule has 0 bridgehead atoms. The molecule has 2 rings (SSSR count). The molecule has 0 saturated heterocycles. The number of fused-ring (bicyclic) bond motifs is 1. The summed E-state index contributed by atoms with van der Waals surface area (Å²) in [6.45, 7) is 8.00. The Labute approximate surface area is 85.3 Å². The number of hydrogen-bond donors (Lipinski definition) is 2. The van der Waals surface area contributed by atoms with Crippen LogP contribution in [0.1, 0.15) is 27.7 Å². The van der Waals surface area contributed by atoms with Crippen LogP contribution < -0.4 is 5.73 Å². The van der Waals surface area contributed by atoms with Crippen LogP contribution in [-0.4, -0.2) is 10.2 Å². The van der Waals surface area contributed by atoms with Crippen molar-refractivity contribution >= 4 is 16.7 Å². The van der Waals surface area contributed by atoms with Crippen molar-refractivity contribution in [2.45, 2.75) is 27.7 Å². The Balaban J connectivity index is 0.000000379. The third kappa shape index (κ3) is 2.76. The SMILES string of the molecule is CC.CC.Nc1n[nH]c2ccccc12. The lowest BCUT2D eigenvalue weighted by Gasteiger charge is -1.84. The van der Waals surface area contributed by atoms with Crippen LogP contribution in [0.2, 0.25) is 0 Å². The monoisotopic (exact) mass is 193 g/mol. The molecule has 78 valence electrons. The summed E-state index contributed by atoms with van der Waals surface area (Å²) in [6, 6.07) is 7.76. The highest BCUT2D eigenvalue weighted by molar-refractivity contribution is 5.88. The van der Waals surface area contributed by atoms with Gasteiger partial charge in [-0.25, -0.2) is 0 Å². The van der Waals surface area contributed by atoms with Gasteiger partial charge in [0.05, 0.1) is 5.52 Å². The van der Waals surface area contributed by atoms with Crippen LogP contribution in [-0.2, 0) is 0 Å². The molecule has 2 aromatic rings. The fourth-order valence-corrected chi connectivity index (χ4v) is 0.985. The van der Waals surface area contributed by atoms with Crippen LogP contribution in [0.25, 0.3) is 10.9 Å². The van der Waals surface area contributed by atoms with E-state index in [4.69, 9.17) is 5.73 Å². The number of nitrogens with zero attached hydrogens (tertiary/aromatic N) is 1. The average molecular weight is 193 g/mol. The lowest BCUT2D eigenvalue weighted by Crippen LogP contribution is -1.82. The summed E-state index contributed by atoms with van der Waals surface area (Å²) in [5.41, 5.74) is 6.52. The Hall–Kier alpha value is -1.51. The van der Waals surface area contributed by atoms with Gasteiger partial charge in [0.2, 0.25) is 0 Å². The van der Waals surface area contributed by atoms with E-state index in [0.717, 1.165) is 10.9 Å². The lowest BCUT2D eigenvalue weighted by atomic mass is 10.2. The molecule has 0 fully saturated rings. The van der Waals surface area contributed by atoms with Crippen LogP contribution >= 0.6 is 0 Å². The number of H-pyrrole nitrogens is 1. The van der Waals surface area contributed by atoms with Crippen LogP contribution in [0.4, 0.5) is 5.82 Å². The largest absolute Gasteiger partial charge is 0.382 e. The van der Waals surface area contributed by atoms with Crippen molar-refractivity contribution in [3.63, 3.8) is 0 Å². The maximum atomic E-state index is 5.53. The molecular weight excluding hydrogens is 174 g/mol. The number of para-hydroxylation sites is 1. The normalized spacial score (nSPS) is 8.29. The predicted octanol–water partition coefficient (Wildman–Crippen LogP) is 3.20. The first-order valence-corrected chi connectivity index (χ1v) is 5.06. The summed E-state index contributed by atoms with van der Waals surface area (Å²) < 4.78 is 0. The van der Waals surface area contributed by atoms with Gasteiger partial charge in [0.1, 0.15) is 0 Å². The van der Waals surface area contributed by atoms with Gasteiger partial charge in [0, 0.05) is 5.39 Å². The van der Waals surface area contributed by atoms with E-state index in [9.17, 15) is 0 Å². The number of nitrogen functional groups attached to an aromatic ring is 1. The Morgan fingerprint density at radius 2 is 1.64 bits per heavy atom. The Morgan fingerprint density at radius 3 is 2.21 bits per heavy atom. The molecule has 3 nitrogen and oxygen atoms in total. The molecule has 1 aromatic heterocycles. The van der Waals surface area contributed by atoms with Gasteiger partial charge < -0.3 is 5.73 Å². The molecule has 0 aliphatic carbocycles. The van der Waals surface area contributed by atoms with Gasteiger partial charge in [-0.2, -0.15) is 5.10 Å². The first-order valence-electron chi connectivity index (χ1n) is 5.06. The molecule has 1 aromatic carbocycles. The highest BCUT2D eigenvalue weighted by atomic mass is 15.1. The van der Waals surface area contributed by atoms with Crippen LogP contribution in [0.15, 0.2) is 24.3 Å². The van der Waals surface area contributed by atoms with Gasteiger partial charge >= 0.3 is 0 Å². The molecule has 0 saturated carbocycles. The number of rotatable bonds is 0. The van der Waals surface area contributed by atoms with E-state index in [1.54, 1.807) is 0 Å². The number of aromatic nitrogens is 2. The van der Waals surface area contributed by atoms with Crippen LogP contribution in [0.5, 0.6) is 0 Å². The fraction of sp³-hybridized carbons (Fsp3) is 0.364. The zero-order chi connectivity index (χ0) is 11.0. The summed E-state index contributed by atoms with van der Waals surface area (Å²) >= 11 is 0. The van der Waals surface area contributed by atoms with Crippen molar-refractivity contribution < 1.29 is 0 Å². The second kappa shape index (κ2) is 6.95. The van der Waals surface area contributed by atoms with Gasteiger partial charge in [-0.3, -0.25) is 5.10 Å². The van der Waals surface area contributed by atoms with Crippen molar-refractivity contribution in [2.24, 2.45) is 0 Å². The minimum Gasteiger partial charge on any atom is -0.382 e. The van der Waals surface area contributed by atoms with Crippen molar-refractivity contribution in [1.29, 1.82) is 0 Å². The number of nitrogens with one attached hydrogen (secondary N) is 1. The van der Waals surface area contributed by atoms with E-state index in [1.165, 1.54) is 0 Å². The second-order valence-corrected chi connectivity index (χ2v) is 2.15. The van der Waals surface area contributed by atoms with Crippen molar-refractivity contribution in [1.82, 2.24) is 10.2 Å². The van der Waals surface area contributed by atoms with Gasteiger partial charge in [-0.1, -0.05) is 39.8 Å². The van der Waals surface area contributed by atoms with Crippen molar-refractivity contribution in [3.05, 3.63) is 24.3 Å². The molecule has 0 radical (unpaired) electrons. The van der Waals surface area contributed by atoms with Gasteiger partial charge in [0.15, 0.2) is 5.82 Å². The van der Waals surface area contributed by atoms with Gasteiger partial charge in [-0.05, 0) is 12.1 Å². The summed E-state index contributed by atoms with van der Waals surface area (Å²) in [6.07, 6.45) is 0. The van der Waals surface area contributed by atoms with Gasteiger partial charge in [-0.15, -0.1) is 0 Å². The van der Waals surface area contributed by atoms with Crippen LogP contribution in [0, 0.1) is 0 Å². The Kier molecular flexibility index (Phi) is 6.20. The maximum absolute atomic E-state index is 5.53. The average Bonchev–Trinajstić information content (AvgIpc) is 2.67. The molecule has 1 heterocycles. The molecule has 3 N–H and O–H groups in total. The quantitative estimate of drug-likeness (QED) is 0.675. The van der Waals surface area contributed by atoms with E-state index >= 15 is 0 Å². The van der Waals surface area contributed by atoms with E-state index < -0.39 is 0 Å². The van der Waals surface area contributed by atoms with Crippen molar-refractivity contribution in [2.75, 3.05) is 5.73 Å². The number of aromatic amines is 1. The van der Waals surface area contributed by atoms with E-state index in [-0.39, 0.29) is 0 Å². The molecule has 0 unspecified atom stereocenters. The standard InChI is InChI=1S/C7H7N3.2C2H6/c8-7-5-3-1-2-4-6(5)9-10-7;2*1-2/h1-4H,(H3,8,9,10);2*1-2H3. The molecule has 0 aliphatic rings. The van der Waals surface area contributed by atoms with E-state index in [0.29, 0.717) is 5.82 Å². The number of hydrogen-bond acceptors (Lipinski definition) is 2. The summed E-state index contributed by atoms with van der Waals surface area (Å²) in [4.78, 5) is 0. The smallest absolute Gasteiger partial charge is 0.153 e. The Morgan fingerprint density at radius 1 is 1.07 bits per heavy atom. The second-order valence-electron chi connectivity index (χ2n) is 2.15. The fourth-order valence-electron chi connectivity index (χ4n) is 0.985. The minimum atomic E-state index is 0.565. The highest BCUT2D eigenvalue weighted by Gasteiger charge is 1.97. The highest BCUT2D eigenvalue weighted by Crippen LogP contribution is 2.15. The first kappa shape index (κ1) is 12.5. The topological polar surface area (TPSA) is 54.7 Å². The molecular formula is C11H19N3. The summed E-state index contributed by atoms with van der Waals surface area (Å²) in [5.74, 6) is 0.565. The Bertz CT molecular complexity index is 352. The lowest BCUT2D eigenvalue weighted by molar-refractivity contribution is 1.13. The number of nitrogens with two attached hydrogens (primary N) is 1. The third-order valence-electron chi connectivity index (χ3n) is 1.50. The van der Waals surface area contributed by atoms with Crippen molar-refractivity contribution in [3.8, 4) is 0 Å². The molecule has 0 aliphatic heterocycles. The number of benzene rings is 1. The predicted molar refractivity (Wildman–Crippen MR) is 63.2 cm³/mol. The summed E-state index contributed by atoms with van der Waals surface area (Å²) in [5, 5.41) is 7.65. The molecule has 0 atom stereocenters. The minimum absolute atomic E-state index is 0.565.